The smallest absolute Gasteiger partial charge is 0.0000242 e. The van der Waals surface area contributed by atoms with Crippen molar-refractivity contribution in [2.24, 2.45) is 0 Å². The molecular weight excluding hydrogens is 1010 g/mol. The Labute approximate surface area is 480 Å². The van der Waals surface area contributed by atoms with Gasteiger partial charge in [-0.1, -0.05) is 255 Å². The fourth-order valence-electron chi connectivity index (χ4n) is 17.8. The summed E-state index contributed by atoms with van der Waals surface area (Å²) in [6.07, 6.45) is 0. The summed E-state index contributed by atoms with van der Waals surface area (Å²) in [7, 11) is 0. The molecule has 22 aromatic rings. The van der Waals surface area contributed by atoms with Crippen molar-refractivity contribution in [3.8, 4) is 66.8 Å². The van der Waals surface area contributed by atoms with Gasteiger partial charge < -0.3 is 0 Å². The van der Waals surface area contributed by atoms with Gasteiger partial charge in [0.05, 0.1) is 0 Å². The summed E-state index contributed by atoms with van der Waals surface area (Å²) >= 11 is 0. The third kappa shape index (κ3) is 4.75. The molecule has 0 spiro atoms. The number of fused-ring (bicyclic) bond motifs is 3. The largest absolute Gasteiger partial charge is 0.0622 e. The van der Waals surface area contributed by atoms with Crippen LogP contribution in [0.25, 0.3) is 228 Å². The van der Waals surface area contributed by atoms with E-state index in [-0.39, 0.29) is 0 Å². The van der Waals surface area contributed by atoms with E-state index in [2.05, 4.69) is 255 Å². The van der Waals surface area contributed by atoms with Gasteiger partial charge >= 0.3 is 0 Å². The van der Waals surface area contributed by atoms with Crippen molar-refractivity contribution in [3.63, 3.8) is 0 Å². The van der Waals surface area contributed by atoms with Gasteiger partial charge in [0.25, 0.3) is 0 Å². The number of rotatable bonds is 6. The van der Waals surface area contributed by atoms with Crippen LogP contribution in [-0.2, 0) is 0 Å². The average Bonchev–Trinajstić information content (AvgIpc) is 0.673. The highest BCUT2D eigenvalue weighted by Crippen LogP contribution is 2.66. The minimum Gasteiger partial charge on any atom is -0.0622 e. The molecule has 0 heteroatoms. The van der Waals surface area contributed by atoms with Crippen LogP contribution in [0.5, 0.6) is 0 Å². The lowest BCUT2D eigenvalue weighted by Crippen LogP contribution is -2.04. The van der Waals surface area contributed by atoms with Crippen molar-refractivity contribution in [1.29, 1.82) is 0 Å². The standard InChI is InChI=1S/C84H42/c1-7-19-43(20-8-1)61-55-37-31-49-51-33-39-57-63(45-23-11-3-12-24-45)65(47-27-15-5-16-28-47)59-41-35-53-54-36-42-60-66(48-29-17-6-18-30-48)64(46-25-13-4-14-26-46)58-40-34-52-50-32-38-56(62(61)44-21-9-2-10-22-44)74-68(50)80-79(67(49)73(55)74)81-69(51)75(57)77(59)71(53)83(81)84-72(54)78(60)76(58)70(52)82(80)84/h1-42H. The van der Waals surface area contributed by atoms with E-state index in [0.29, 0.717) is 0 Å². The van der Waals surface area contributed by atoms with Gasteiger partial charge in [0.1, 0.15) is 0 Å². The van der Waals surface area contributed by atoms with Crippen LogP contribution in [0.4, 0.5) is 0 Å². The molecule has 378 valence electrons. The van der Waals surface area contributed by atoms with Crippen LogP contribution < -0.4 is 0 Å². The van der Waals surface area contributed by atoms with Crippen LogP contribution in [0.3, 0.4) is 0 Å². The van der Waals surface area contributed by atoms with E-state index >= 15 is 0 Å². The van der Waals surface area contributed by atoms with E-state index < -0.39 is 0 Å². The van der Waals surface area contributed by atoms with Crippen molar-refractivity contribution >= 4 is 162 Å². The summed E-state index contributed by atoms with van der Waals surface area (Å²) in [6, 6.07) is 97.7. The van der Waals surface area contributed by atoms with E-state index in [1.807, 2.05) is 0 Å². The predicted molar refractivity (Wildman–Crippen MR) is 362 cm³/mol. The second-order valence-corrected chi connectivity index (χ2v) is 24.2. The maximum absolute atomic E-state index is 2.53. The van der Waals surface area contributed by atoms with Gasteiger partial charge in [0.15, 0.2) is 0 Å². The molecule has 0 aliphatic carbocycles. The summed E-state index contributed by atoms with van der Waals surface area (Å²) in [6.45, 7) is 0. The Balaban J connectivity index is 1.10. The lowest BCUT2D eigenvalue weighted by atomic mass is 9.69. The maximum Gasteiger partial charge on any atom is -0.0000242 e. The molecule has 0 heterocycles. The number of hydrogen-bond acceptors (Lipinski definition) is 0. The highest BCUT2D eigenvalue weighted by atomic mass is 14.4. The third-order valence-corrected chi connectivity index (χ3v) is 20.6. The molecule has 22 rings (SSSR count). The first-order valence-electron chi connectivity index (χ1n) is 29.7. The van der Waals surface area contributed by atoms with Gasteiger partial charge in [-0.3, -0.25) is 0 Å². The lowest BCUT2D eigenvalue weighted by molar-refractivity contribution is 1.63. The molecule has 0 unspecified atom stereocenters. The summed E-state index contributed by atoms with van der Waals surface area (Å²) in [5, 5.41) is 41.0. The molecule has 84 heavy (non-hydrogen) atoms. The minimum absolute atomic E-state index is 1.24. The first-order valence-corrected chi connectivity index (χ1v) is 29.7. The summed E-state index contributed by atoms with van der Waals surface area (Å²) in [5.41, 5.74) is 15.2. The lowest BCUT2D eigenvalue weighted by Gasteiger charge is -2.33. The second-order valence-electron chi connectivity index (χ2n) is 24.2. The van der Waals surface area contributed by atoms with E-state index in [4.69, 9.17) is 0 Å². The van der Waals surface area contributed by atoms with Gasteiger partial charge in [-0.15, -0.1) is 0 Å². The first kappa shape index (κ1) is 42.9. The molecule has 0 saturated heterocycles. The molecule has 22 aromatic carbocycles. The van der Waals surface area contributed by atoms with Gasteiger partial charge in [-0.05, 0) is 228 Å². The maximum atomic E-state index is 2.53. The van der Waals surface area contributed by atoms with Crippen LogP contribution in [0.2, 0.25) is 0 Å². The highest BCUT2D eigenvalue weighted by Gasteiger charge is 2.37. The van der Waals surface area contributed by atoms with E-state index in [1.165, 1.54) is 228 Å². The fraction of sp³-hybridized carbons (Fsp3) is 0. The first-order chi connectivity index (χ1) is 41.8. The van der Waals surface area contributed by atoms with Crippen molar-refractivity contribution in [2.45, 2.75) is 0 Å². The van der Waals surface area contributed by atoms with E-state index in [0.717, 1.165) is 0 Å². The van der Waals surface area contributed by atoms with Crippen LogP contribution in [-0.4, -0.2) is 0 Å². The molecule has 0 fully saturated rings. The van der Waals surface area contributed by atoms with Crippen molar-refractivity contribution in [2.75, 3.05) is 0 Å². The number of hydrogen-bond donors (Lipinski definition) is 0. The Morgan fingerprint density at radius 1 is 0.0952 bits per heavy atom. The van der Waals surface area contributed by atoms with Crippen molar-refractivity contribution < 1.29 is 0 Å². The molecule has 0 aliphatic rings. The molecule has 0 bridgehead atoms. The Morgan fingerprint density at radius 2 is 0.214 bits per heavy atom. The normalized spacial score (nSPS) is 13.0. The Kier molecular flexibility index (Phi) is 7.54. The zero-order chi connectivity index (χ0) is 53.9. The molecule has 0 radical (unpaired) electrons. The fourth-order valence-corrected chi connectivity index (χ4v) is 17.8. The van der Waals surface area contributed by atoms with Gasteiger partial charge in [0, 0.05) is 0 Å². The van der Waals surface area contributed by atoms with Crippen LogP contribution in [0.1, 0.15) is 0 Å². The van der Waals surface area contributed by atoms with E-state index in [9.17, 15) is 0 Å². The van der Waals surface area contributed by atoms with Crippen LogP contribution >= 0.6 is 0 Å². The monoisotopic (exact) mass is 1050 g/mol. The Bertz CT molecular complexity index is 5370. The Hall–Kier alpha value is -10.9. The topological polar surface area (TPSA) is 0 Å². The van der Waals surface area contributed by atoms with E-state index in [1.54, 1.807) is 0 Å². The summed E-state index contributed by atoms with van der Waals surface area (Å²) in [5.74, 6) is 0. The predicted octanol–water partition coefficient (Wildman–Crippen LogP) is 23.9. The molecule has 0 aliphatic heterocycles. The Morgan fingerprint density at radius 3 is 0.357 bits per heavy atom. The molecular formula is C84H42. The quantitative estimate of drug-likeness (QED) is 0.115. The molecule has 0 N–H and O–H groups in total. The molecule has 0 nitrogen and oxygen atoms in total. The van der Waals surface area contributed by atoms with Gasteiger partial charge in [-0.25, -0.2) is 0 Å². The number of benzene rings is 22. The van der Waals surface area contributed by atoms with Crippen molar-refractivity contribution in [1.82, 2.24) is 0 Å². The summed E-state index contributed by atoms with van der Waals surface area (Å²) < 4.78 is 0. The van der Waals surface area contributed by atoms with Gasteiger partial charge in [0.2, 0.25) is 0 Å². The van der Waals surface area contributed by atoms with Crippen LogP contribution in [0.15, 0.2) is 255 Å². The molecule has 0 saturated carbocycles. The average molecular weight is 1050 g/mol. The van der Waals surface area contributed by atoms with Gasteiger partial charge in [-0.2, -0.15) is 0 Å². The second kappa shape index (κ2) is 14.8. The van der Waals surface area contributed by atoms with Crippen LogP contribution in [0, 0.1) is 0 Å². The van der Waals surface area contributed by atoms with Crippen molar-refractivity contribution in [3.05, 3.63) is 255 Å². The minimum atomic E-state index is 1.24. The zero-order valence-corrected chi connectivity index (χ0v) is 45.2. The SMILES string of the molecule is c1ccc(-c2c(-c3ccccc3)c3ccc4c5ccc6c(-c7ccccc7)c(-c7ccccc7)c7ccc8c9ccc%10c(-c%11ccccc%11)c(-c%11ccccc%11)c%11ccc%12c%13ccc2c2c3c4c3c(c%132)c2c%12c%11c%10c9c2c2c8c7c6c5c32)cc1. The molecule has 0 amide bonds. The molecule has 0 atom stereocenters. The summed E-state index contributed by atoms with van der Waals surface area (Å²) in [4.78, 5) is 0. The highest BCUT2D eigenvalue weighted by molar-refractivity contribution is 6.65. The third-order valence-electron chi connectivity index (χ3n) is 20.6. The zero-order valence-electron chi connectivity index (χ0n) is 45.2. The molecule has 0 aromatic heterocycles.